The van der Waals surface area contributed by atoms with Crippen LogP contribution in [0.25, 0.3) is 0 Å². The molecule has 1 aromatic heterocycles. The van der Waals surface area contributed by atoms with Gasteiger partial charge in [0.05, 0.1) is 23.2 Å². The molecule has 1 aliphatic heterocycles. The zero-order valence-electron chi connectivity index (χ0n) is 9.93. The summed E-state index contributed by atoms with van der Waals surface area (Å²) < 4.78 is 4.98. The highest BCUT2D eigenvalue weighted by Crippen LogP contribution is 2.29. The minimum atomic E-state index is -0.0140. The number of nitrogens with zero attached hydrogens (tertiary/aromatic N) is 1. The lowest BCUT2D eigenvalue weighted by Gasteiger charge is -2.21. The van der Waals surface area contributed by atoms with Crippen LogP contribution in [0.4, 0.5) is 11.4 Å². The van der Waals surface area contributed by atoms with Gasteiger partial charge in [0.15, 0.2) is 0 Å². The molecule has 4 heteroatoms. The molecule has 0 atom stereocenters. The topological polar surface area (TPSA) is 45.5 Å². The van der Waals surface area contributed by atoms with E-state index >= 15 is 0 Å². The molecular weight excluding hydrogens is 228 g/mol. The summed E-state index contributed by atoms with van der Waals surface area (Å²) in [4.78, 5) is 14.2. The molecule has 0 bridgehead atoms. The number of carbonyl (C=O) groups is 1. The molecule has 0 saturated carbocycles. The number of rotatable bonds is 1. The van der Waals surface area contributed by atoms with Crippen LogP contribution in [0.3, 0.4) is 0 Å². The van der Waals surface area contributed by atoms with Crippen molar-refractivity contribution >= 4 is 17.3 Å². The second kappa shape index (κ2) is 4.56. The van der Waals surface area contributed by atoms with Crippen LogP contribution < -0.4 is 10.2 Å². The Hall–Kier alpha value is -2.23. The van der Waals surface area contributed by atoms with Gasteiger partial charge in [-0.15, -0.1) is 0 Å². The third-order valence-corrected chi connectivity index (χ3v) is 3.08. The minimum Gasteiger partial charge on any atom is -0.472 e. The highest BCUT2D eigenvalue weighted by molar-refractivity contribution is 6.07. The van der Waals surface area contributed by atoms with E-state index in [-0.39, 0.29) is 5.91 Å². The second-order valence-electron chi connectivity index (χ2n) is 4.27. The van der Waals surface area contributed by atoms with Crippen LogP contribution in [0.5, 0.6) is 0 Å². The summed E-state index contributed by atoms with van der Waals surface area (Å²) in [6, 6.07) is 9.57. The molecule has 0 radical (unpaired) electrons. The van der Waals surface area contributed by atoms with Gasteiger partial charge < -0.3 is 14.6 Å². The van der Waals surface area contributed by atoms with Crippen molar-refractivity contribution in [3.63, 3.8) is 0 Å². The largest absolute Gasteiger partial charge is 0.472 e. The van der Waals surface area contributed by atoms with E-state index in [9.17, 15) is 4.79 Å². The van der Waals surface area contributed by atoms with Crippen LogP contribution in [0.2, 0.25) is 0 Å². The molecule has 0 fully saturated rings. The van der Waals surface area contributed by atoms with E-state index in [1.807, 2.05) is 24.3 Å². The number of para-hydroxylation sites is 2. The Bertz CT molecular complexity index is 549. The van der Waals surface area contributed by atoms with E-state index in [1.54, 1.807) is 11.0 Å². The van der Waals surface area contributed by atoms with Crippen molar-refractivity contribution in [3.8, 4) is 0 Å². The normalized spacial score (nSPS) is 14.6. The van der Waals surface area contributed by atoms with Gasteiger partial charge in [0.25, 0.3) is 5.91 Å². The fraction of sp³-hybridized carbons (Fsp3) is 0.214. The first kappa shape index (κ1) is 10.9. The monoisotopic (exact) mass is 242 g/mol. The molecule has 0 spiro atoms. The number of furan rings is 1. The van der Waals surface area contributed by atoms with Crippen molar-refractivity contribution in [1.29, 1.82) is 0 Å². The van der Waals surface area contributed by atoms with Crippen LogP contribution in [0.1, 0.15) is 16.8 Å². The molecule has 4 nitrogen and oxygen atoms in total. The summed E-state index contributed by atoms with van der Waals surface area (Å²) in [5.41, 5.74) is 2.53. The number of fused-ring (bicyclic) bond motifs is 1. The molecule has 1 N–H and O–H groups in total. The van der Waals surface area contributed by atoms with Gasteiger partial charge in [-0.25, -0.2) is 0 Å². The number of hydrogen-bond donors (Lipinski definition) is 1. The lowest BCUT2D eigenvalue weighted by molar-refractivity contribution is 0.0986. The maximum Gasteiger partial charge on any atom is 0.261 e. The number of hydrogen-bond acceptors (Lipinski definition) is 3. The summed E-state index contributed by atoms with van der Waals surface area (Å²) in [5.74, 6) is -0.0140. The van der Waals surface area contributed by atoms with Gasteiger partial charge in [-0.1, -0.05) is 12.1 Å². The average Bonchev–Trinajstić information content (AvgIpc) is 2.85. The Labute approximate surface area is 105 Å². The van der Waals surface area contributed by atoms with Crippen LogP contribution >= 0.6 is 0 Å². The first-order valence-electron chi connectivity index (χ1n) is 6.03. The summed E-state index contributed by atoms with van der Waals surface area (Å²) >= 11 is 0. The Morgan fingerprint density at radius 2 is 2.17 bits per heavy atom. The fourth-order valence-electron chi connectivity index (χ4n) is 2.19. The smallest absolute Gasteiger partial charge is 0.261 e. The van der Waals surface area contributed by atoms with Gasteiger partial charge in [0.2, 0.25) is 0 Å². The van der Waals surface area contributed by atoms with E-state index in [4.69, 9.17) is 4.42 Å². The van der Waals surface area contributed by atoms with E-state index in [0.717, 1.165) is 24.3 Å². The van der Waals surface area contributed by atoms with Crippen LogP contribution in [-0.2, 0) is 0 Å². The molecular formula is C14H14N2O2. The summed E-state index contributed by atoms with van der Waals surface area (Å²) in [6.07, 6.45) is 3.94. The molecule has 2 aromatic rings. The third kappa shape index (κ3) is 1.86. The zero-order chi connectivity index (χ0) is 12.4. The highest BCUT2D eigenvalue weighted by Gasteiger charge is 2.22. The van der Waals surface area contributed by atoms with Crippen molar-refractivity contribution in [2.75, 3.05) is 23.3 Å². The van der Waals surface area contributed by atoms with Gasteiger partial charge in [-0.05, 0) is 24.6 Å². The Kier molecular flexibility index (Phi) is 2.76. The van der Waals surface area contributed by atoms with Gasteiger partial charge >= 0.3 is 0 Å². The Morgan fingerprint density at radius 1 is 1.28 bits per heavy atom. The maximum absolute atomic E-state index is 12.4. The number of anilines is 2. The average molecular weight is 242 g/mol. The molecule has 2 heterocycles. The molecule has 1 aromatic carbocycles. The molecule has 1 aliphatic rings. The predicted molar refractivity (Wildman–Crippen MR) is 69.9 cm³/mol. The summed E-state index contributed by atoms with van der Waals surface area (Å²) in [5, 5.41) is 3.34. The van der Waals surface area contributed by atoms with Gasteiger partial charge in [0.1, 0.15) is 6.26 Å². The van der Waals surface area contributed by atoms with Crippen LogP contribution in [0.15, 0.2) is 47.3 Å². The Morgan fingerprint density at radius 3 is 3.00 bits per heavy atom. The van der Waals surface area contributed by atoms with E-state index in [2.05, 4.69) is 5.32 Å². The SMILES string of the molecule is O=C(c1ccoc1)N1CCCNc2ccccc21. The number of benzene rings is 1. The molecule has 3 rings (SSSR count). The molecule has 0 unspecified atom stereocenters. The van der Waals surface area contributed by atoms with E-state index in [0.29, 0.717) is 12.1 Å². The summed E-state index contributed by atoms with van der Waals surface area (Å²) in [7, 11) is 0. The van der Waals surface area contributed by atoms with Gasteiger partial charge in [-0.2, -0.15) is 0 Å². The number of amides is 1. The molecule has 0 aliphatic carbocycles. The van der Waals surface area contributed by atoms with E-state index in [1.165, 1.54) is 12.5 Å². The highest BCUT2D eigenvalue weighted by atomic mass is 16.3. The fourth-order valence-corrected chi connectivity index (χ4v) is 2.19. The summed E-state index contributed by atoms with van der Waals surface area (Å²) in [6.45, 7) is 1.60. The quantitative estimate of drug-likeness (QED) is 0.836. The zero-order valence-corrected chi connectivity index (χ0v) is 9.93. The predicted octanol–water partition coefficient (Wildman–Crippen LogP) is 2.74. The third-order valence-electron chi connectivity index (χ3n) is 3.08. The van der Waals surface area contributed by atoms with Crippen molar-refractivity contribution in [3.05, 3.63) is 48.4 Å². The molecule has 18 heavy (non-hydrogen) atoms. The van der Waals surface area contributed by atoms with Crippen molar-refractivity contribution in [2.45, 2.75) is 6.42 Å². The number of carbonyl (C=O) groups excluding carboxylic acids is 1. The Balaban J connectivity index is 1.99. The lowest BCUT2D eigenvalue weighted by Crippen LogP contribution is -2.31. The first-order valence-corrected chi connectivity index (χ1v) is 6.03. The number of nitrogens with one attached hydrogen (secondary N) is 1. The minimum absolute atomic E-state index is 0.0140. The van der Waals surface area contributed by atoms with E-state index < -0.39 is 0 Å². The van der Waals surface area contributed by atoms with Crippen LogP contribution in [-0.4, -0.2) is 19.0 Å². The standard InChI is InChI=1S/C14H14N2O2/c17-14(11-6-9-18-10-11)16-8-3-7-15-12-4-1-2-5-13(12)16/h1-2,4-6,9-10,15H,3,7-8H2. The van der Waals surface area contributed by atoms with Crippen LogP contribution in [0, 0.1) is 0 Å². The molecule has 0 saturated heterocycles. The lowest BCUT2D eigenvalue weighted by atomic mass is 10.2. The van der Waals surface area contributed by atoms with Gasteiger partial charge in [-0.3, -0.25) is 4.79 Å². The second-order valence-corrected chi connectivity index (χ2v) is 4.27. The molecule has 1 amide bonds. The van der Waals surface area contributed by atoms with Crippen molar-refractivity contribution in [1.82, 2.24) is 0 Å². The molecule has 92 valence electrons. The van der Waals surface area contributed by atoms with Crippen molar-refractivity contribution in [2.24, 2.45) is 0 Å². The van der Waals surface area contributed by atoms with Gasteiger partial charge in [0, 0.05) is 13.1 Å². The maximum atomic E-state index is 12.4. The first-order chi connectivity index (χ1) is 8.86. The van der Waals surface area contributed by atoms with Crippen molar-refractivity contribution < 1.29 is 9.21 Å².